The number of carbonyl (C=O) groups excluding carboxylic acids is 1. The van der Waals surface area contributed by atoms with Crippen LogP contribution in [0.4, 0.5) is 18.9 Å². The van der Waals surface area contributed by atoms with Crippen LogP contribution in [0.1, 0.15) is 23.1 Å². The van der Waals surface area contributed by atoms with Crippen LogP contribution in [-0.4, -0.2) is 66.1 Å². The van der Waals surface area contributed by atoms with Gasteiger partial charge in [0, 0.05) is 43.4 Å². The summed E-state index contributed by atoms with van der Waals surface area (Å²) in [5, 5.41) is 3.83. The second-order valence-electron chi connectivity index (χ2n) is 7.78. The Morgan fingerprint density at radius 3 is 2.35 bits per heavy atom. The molecule has 1 aromatic heterocycles. The predicted molar refractivity (Wildman–Crippen MR) is 115 cm³/mol. The molecule has 0 radical (unpaired) electrons. The molecule has 31 heavy (non-hydrogen) atoms. The van der Waals surface area contributed by atoms with Crippen LogP contribution in [-0.2, 0) is 17.5 Å². The highest BCUT2D eigenvalue weighted by Crippen LogP contribution is 2.36. The fraction of sp³-hybridized carbons (Fsp3) is 0.500. The normalized spacial score (nSPS) is 16.7. The van der Waals surface area contributed by atoms with Gasteiger partial charge in [-0.1, -0.05) is 23.2 Å². The number of aromatic nitrogens is 2. The Balaban J connectivity index is 1.75. The van der Waals surface area contributed by atoms with Crippen LogP contribution < -0.4 is 4.90 Å². The zero-order chi connectivity index (χ0) is 22.9. The number of hydrogen-bond donors (Lipinski definition) is 0. The SMILES string of the molecule is Cc1c(Cl)c(C(F)(F)F)nn1C(C=O)N1CCN(c2ccc(Cl)c(CN(C)C)c2)CC1. The van der Waals surface area contributed by atoms with E-state index < -0.39 is 23.1 Å². The van der Waals surface area contributed by atoms with Crippen molar-refractivity contribution < 1.29 is 18.0 Å². The van der Waals surface area contributed by atoms with Crippen LogP contribution in [0, 0.1) is 6.92 Å². The molecule has 6 nitrogen and oxygen atoms in total. The number of piperazine rings is 1. The quantitative estimate of drug-likeness (QED) is 0.586. The van der Waals surface area contributed by atoms with Gasteiger partial charge in [0.25, 0.3) is 0 Å². The second-order valence-corrected chi connectivity index (χ2v) is 8.56. The molecule has 2 heterocycles. The van der Waals surface area contributed by atoms with E-state index in [-0.39, 0.29) is 5.69 Å². The Bertz CT molecular complexity index is 940. The molecule has 0 bridgehead atoms. The first-order valence-electron chi connectivity index (χ1n) is 9.72. The molecule has 1 aliphatic heterocycles. The maximum absolute atomic E-state index is 13.1. The van der Waals surface area contributed by atoms with Gasteiger partial charge in [0.05, 0.1) is 10.7 Å². The Kier molecular flexibility index (Phi) is 7.20. The number of nitrogens with zero attached hydrogens (tertiary/aromatic N) is 5. The van der Waals surface area contributed by atoms with E-state index >= 15 is 0 Å². The highest BCUT2D eigenvalue weighted by atomic mass is 35.5. The van der Waals surface area contributed by atoms with Gasteiger partial charge in [-0.3, -0.25) is 9.69 Å². The van der Waals surface area contributed by atoms with Crippen molar-refractivity contribution in [3.05, 3.63) is 45.2 Å². The molecule has 1 aliphatic rings. The molecular weight excluding hydrogens is 454 g/mol. The van der Waals surface area contributed by atoms with Crippen LogP contribution in [0.25, 0.3) is 0 Å². The lowest BCUT2D eigenvalue weighted by atomic mass is 10.1. The van der Waals surface area contributed by atoms with Crippen LogP contribution >= 0.6 is 23.2 Å². The minimum absolute atomic E-state index is 0.111. The number of hydrogen-bond acceptors (Lipinski definition) is 5. The molecule has 2 aromatic rings. The summed E-state index contributed by atoms with van der Waals surface area (Å²) in [4.78, 5) is 17.8. The van der Waals surface area contributed by atoms with Gasteiger partial charge in [0.15, 0.2) is 18.1 Å². The minimum atomic E-state index is -4.68. The Hall–Kier alpha value is -1.81. The molecule has 0 amide bonds. The summed E-state index contributed by atoms with van der Waals surface area (Å²) in [6.07, 6.45) is -5.04. The maximum atomic E-state index is 13.1. The van der Waals surface area contributed by atoms with Gasteiger partial charge in [0.2, 0.25) is 0 Å². The highest BCUT2D eigenvalue weighted by molar-refractivity contribution is 6.32. The van der Waals surface area contributed by atoms with Crippen LogP contribution in [0.2, 0.25) is 10.0 Å². The third-order valence-electron chi connectivity index (χ3n) is 5.29. The molecule has 1 atom stereocenters. The first-order valence-corrected chi connectivity index (χ1v) is 10.5. The number of benzene rings is 1. The first-order chi connectivity index (χ1) is 14.5. The number of anilines is 1. The third kappa shape index (κ3) is 5.16. The lowest BCUT2D eigenvalue weighted by Crippen LogP contribution is -2.49. The Labute approximate surface area is 189 Å². The van der Waals surface area contributed by atoms with E-state index in [1.165, 1.54) is 6.92 Å². The summed E-state index contributed by atoms with van der Waals surface area (Å²) in [5.74, 6) is 0. The number of carbonyl (C=O) groups is 1. The average Bonchev–Trinajstić information content (AvgIpc) is 3.00. The van der Waals surface area contributed by atoms with Crippen molar-refractivity contribution in [1.29, 1.82) is 0 Å². The van der Waals surface area contributed by atoms with E-state index in [0.717, 1.165) is 15.9 Å². The van der Waals surface area contributed by atoms with Gasteiger partial charge in [-0.05, 0) is 44.8 Å². The lowest BCUT2D eigenvalue weighted by molar-refractivity contribution is -0.142. The summed E-state index contributed by atoms with van der Waals surface area (Å²) in [7, 11) is 3.93. The van der Waals surface area contributed by atoms with E-state index in [9.17, 15) is 18.0 Å². The van der Waals surface area contributed by atoms with Gasteiger partial charge in [0.1, 0.15) is 0 Å². The first kappa shape index (κ1) is 23.8. The van der Waals surface area contributed by atoms with E-state index in [2.05, 4.69) is 10.00 Å². The van der Waals surface area contributed by atoms with Crippen molar-refractivity contribution in [3.8, 4) is 0 Å². The number of alkyl halides is 3. The lowest BCUT2D eigenvalue weighted by Gasteiger charge is -2.38. The predicted octanol–water partition coefficient (Wildman–Crippen LogP) is 4.10. The monoisotopic (exact) mass is 477 g/mol. The summed E-state index contributed by atoms with van der Waals surface area (Å²) in [5.41, 5.74) is 0.964. The second kappa shape index (κ2) is 9.36. The van der Waals surface area contributed by atoms with Gasteiger partial charge < -0.3 is 9.80 Å². The van der Waals surface area contributed by atoms with E-state index in [1.807, 2.05) is 37.2 Å². The largest absolute Gasteiger partial charge is 0.436 e. The van der Waals surface area contributed by atoms with Crippen molar-refractivity contribution in [3.63, 3.8) is 0 Å². The molecule has 0 spiro atoms. The van der Waals surface area contributed by atoms with Crippen molar-refractivity contribution in [2.24, 2.45) is 0 Å². The van der Waals surface area contributed by atoms with Crippen molar-refractivity contribution in [1.82, 2.24) is 19.6 Å². The van der Waals surface area contributed by atoms with E-state index in [1.54, 1.807) is 4.90 Å². The number of halogens is 5. The van der Waals surface area contributed by atoms with Crippen molar-refractivity contribution in [2.75, 3.05) is 45.2 Å². The fourth-order valence-corrected chi connectivity index (χ4v) is 4.11. The van der Waals surface area contributed by atoms with Gasteiger partial charge in [-0.25, -0.2) is 4.68 Å². The Morgan fingerprint density at radius 2 is 1.84 bits per heavy atom. The maximum Gasteiger partial charge on any atom is 0.436 e. The molecule has 0 aliphatic carbocycles. The molecule has 11 heteroatoms. The summed E-state index contributed by atoms with van der Waals surface area (Å²) in [6, 6.07) is 5.85. The Morgan fingerprint density at radius 1 is 1.19 bits per heavy atom. The topological polar surface area (TPSA) is 44.6 Å². The number of rotatable bonds is 6. The van der Waals surface area contributed by atoms with E-state index in [4.69, 9.17) is 23.2 Å². The molecule has 0 N–H and O–H groups in total. The summed E-state index contributed by atoms with van der Waals surface area (Å²) < 4.78 is 40.5. The van der Waals surface area contributed by atoms with Crippen LogP contribution in [0.15, 0.2) is 18.2 Å². The standard InChI is InChI=1S/C20H24Cl2F3N5O/c1-13-18(22)19(20(23,24)25)26-30(13)17(12-31)29-8-6-28(7-9-29)15-4-5-16(21)14(10-15)11-27(2)3/h4-5,10,12,17H,6-9,11H2,1-3H3. The molecule has 1 saturated heterocycles. The fourth-order valence-electron chi connectivity index (χ4n) is 3.70. The summed E-state index contributed by atoms with van der Waals surface area (Å²) in [6.45, 7) is 4.31. The molecule has 3 rings (SSSR count). The van der Waals surface area contributed by atoms with Gasteiger partial charge in [-0.2, -0.15) is 18.3 Å². The van der Waals surface area contributed by atoms with Crippen LogP contribution in [0.3, 0.4) is 0 Å². The minimum Gasteiger partial charge on any atom is -0.369 e. The van der Waals surface area contributed by atoms with Crippen molar-refractivity contribution >= 4 is 35.2 Å². The average molecular weight is 478 g/mol. The smallest absolute Gasteiger partial charge is 0.369 e. The zero-order valence-corrected chi connectivity index (χ0v) is 19.0. The van der Waals surface area contributed by atoms with Gasteiger partial charge >= 0.3 is 6.18 Å². The molecule has 1 unspecified atom stereocenters. The van der Waals surface area contributed by atoms with Gasteiger partial charge in [-0.15, -0.1) is 0 Å². The molecule has 170 valence electrons. The zero-order valence-electron chi connectivity index (χ0n) is 17.5. The number of aldehydes is 1. The third-order valence-corrected chi connectivity index (χ3v) is 6.11. The van der Waals surface area contributed by atoms with E-state index in [0.29, 0.717) is 44.0 Å². The molecule has 1 aromatic carbocycles. The molecule has 0 saturated carbocycles. The molecule has 1 fully saturated rings. The summed E-state index contributed by atoms with van der Waals surface area (Å²) >= 11 is 12.1. The molecular formula is C20H24Cl2F3N5O. The van der Waals surface area contributed by atoms with Crippen molar-refractivity contribution in [2.45, 2.75) is 25.8 Å². The van der Waals surface area contributed by atoms with Crippen LogP contribution in [0.5, 0.6) is 0 Å². The highest BCUT2D eigenvalue weighted by Gasteiger charge is 2.39.